The molecule has 0 aromatic heterocycles. The van der Waals surface area contributed by atoms with Gasteiger partial charge in [0.05, 0.1) is 6.54 Å². The van der Waals surface area contributed by atoms with Crippen LogP contribution in [0, 0.1) is 6.92 Å². The molecule has 2 rings (SSSR count). The maximum Gasteiger partial charge on any atom is 0.279 e. The lowest BCUT2D eigenvalue weighted by atomic mass is 10.0. The highest BCUT2D eigenvalue weighted by molar-refractivity contribution is 6.31. The molecule has 2 amide bonds. The van der Waals surface area contributed by atoms with Crippen molar-refractivity contribution in [1.82, 2.24) is 0 Å². The van der Waals surface area contributed by atoms with E-state index in [4.69, 9.17) is 11.6 Å². The number of amides is 2. The molecular weight excluding hydrogens is 386 g/mol. The summed E-state index contributed by atoms with van der Waals surface area (Å²) >= 11 is 6.02. The zero-order valence-corrected chi connectivity index (χ0v) is 18.5. The number of aryl methyl sites for hydroxylation is 3. The summed E-state index contributed by atoms with van der Waals surface area (Å²) in [7, 11) is 0. The Morgan fingerprint density at radius 3 is 2.07 bits per heavy atom. The summed E-state index contributed by atoms with van der Waals surface area (Å²) in [4.78, 5) is 26.0. The minimum absolute atomic E-state index is 0.0795. The summed E-state index contributed by atoms with van der Waals surface area (Å²) in [5.74, 6) is -0.215. The molecule has 0 radical (unpaired) electrons. The molecule has 2 aromatic carbocycles. The molecule has 3 N–H and O–H groups in total. The van der Waals surface area contributed by atoms with Crippen molar-refractivity contribution in [3.63, 3.8) is 0 Å². The maximum atomic E-state index is 12.7. The van der Waals surface area contributed by atoms with Gasteiger partial charge in [-0.15, -0.1) is 0 Å². The third kappa shape index (κ3) is 6.58. The van der Waals surface area contributed by atoms with Crippen LogP contribution in [0.3, 0.4) is 0 Å². The molecule has 0 aliphatic heterocycles. The van der Waals surface area contributed by atoms with Crippen LogP contribution < -0.4 is 15.5 Å². The van der Waals surface area contributed by atoms with E-state index in [2.05, 4.69) is 24.5 Å². The molecule has 0 spiro atoms. The van der Waals surface area contributed by atoms with Crippen molar-refractivity contribution in [2.45, 2.75) is 40.5 Å². The molecule has 0 bridgehead atoms. The average molecular weight is 417 g/mol. The minimum atomic E-state index is -0.136. The average Bonchev–Trinajstić information content (AvgIpc) is 2.70. The van der Waals surface area contributed by atoms with E-state index in [0.29, 0.717) is 17.3 Å². The molecule has 0 fully saturated rings. The second-order valence-electron chi connectivity index (χ2n) is 7.17. The number of nitrogens with one attached hydrogen (secondary N) is 3. The van der Waals surface area contributed by atoms with Crippen LogP contribution in [0.4, 0.5) is 11.4 Å². The van der Waals surface area contributed by atoms with Gasteiger partial charge in [0.2, 0.25) is 0 Å². The maximum absolute atomic E-state index is 12.7. The van der Waals surface area contributed by atoms with Crippen molar-refractivity contribution in [2.75, 3.05) is 30.3 Å². The fourth-order valence-corrected chi connectivity index (χ4v) is 3.45. The van der Waals surface area contributed by atoms with Gasteiger partial charge in [-0.25, -0.2) is 0 Å². The van der Waals surface area contributed by atoms with Crippen molar-refractivity contribution in [3.8, 4) is 0 Å². The number of benzene rings is 2. The third-order valence-electron chi connectivity index (χ3n) is 5.06. The summed E-state index contributed by atoms with van der Waals surface area (Å²) in [6.45, 7) is 9.17. The van der Waals surface area contributed by atoms with E-state index >= 15 is 0 Å². The Labute approximate surface area is 178 Å². The number of likely N-dealkylation sites (N-methyl/N-ethyl adjacent to an activating group) is 1. The fraction of sp³-hybridized carbons (Fsp3) is 0.391. The Morgan fingerprint density at radius 1 is 0.931 bits per heavy atom. The molecular formula is C23H31ClN3O2+. The molecule has 0 aliphatic carbocycles. The van der Waals surface area contributed by atoms with E-state index in [-0.39, 0.29) is 24.9 Å². The Hall–Kier alpha value is -2.37. The first-order valence-electron chi connectivity index (χ1n) is 10.2. The predicted molar refractivity (Wildman–Crippen MR) is 120 cm³/mol. The number of halogens is 1. The van der Waals surface area contributed by atoms with Gasteiger partial charge in [-0.2, -0.15) is 0 Å². The van der Waals surface area contributed by atoms with Crippen LogP contribution in [0.2, 0.25) is 5.02 Å². The Kier molecular flexibility index (Phi) is 8.68. The molecule has 1 unspecified atom stereocenters. The molecule has 0 saturated heterocycles. The van der Waals surface area contributed by atoms with Crippen molar-refractivity contribution in [1.29, 1.82) is 0 Å². The van der Waals surface area contributed by atoms with E-state index < -0.39 is 0 Å². The number of carbonyl (C=O) groups is 2. The van der Waals surface area contributed by atoms with Gasteiger partial charge >= 0.3 is 0 Å². The fourth-order valence-electron chi connectivity index (χ4n) is 3.28. The SMILES string of the molecule is CCc1cccc(CC)c1NC(=O)C[NH+](CC)CC(=O)Nc1cc(Cl)ccc1C. The largest absolute Gasteiger partial charge is 0.321 e. The molecule has 1 atom stereocenters. The number of hydrogen-bond donors (Lipinski definition) is 3. The molecule has 0 heterocycles. The second-order valence-corrected chi connectivity index (χ2v) is 7.61. The monoisotopic (exact) mass is 416 g/mol. The van der Waals surface area contributed by atoms with Crippen LogP contribution in [-0.4, -0.2) is 31.4 Å². The second kappa shape index (κ2) is 11.0. The van der Waals surface area contributed by atoms with E-state index in [9.17, 15) is 9.59 Å². The van der Waals surface area contributed by atoms with Gasteiger partial charge in [0.25, 0.3) is 11.8 Å². The zero-order chi connectivity index (χ0) is 21.4. The van der Waals surface area contributed by atoms with Crippen LogP contribution in [0.25, 0.3) is 0 Å². The van der Waals surface area contributed by atoms with Gasteiger partial charge in [0, 0.05) is 16.4 Å². The highest BCUT2D eigenvalue weighted by Crippen LogP contribution is 2.22. The number of rotatable bonds is 9. The van der Waals surface area contributed by atoms with Crippen LogP contribution in [0.5, 0.6) is 0 Å². The van der Waals surface area contributed by atoms with Crippen molar-refractivity contribution in [3.05, 3.63) is 58.1 Å². The number of carbonyl (C=O) groups excluding carboxylic acids is 2. The molecule has 0 saturated carbocycles. The highest BCUT2D eigenvalue weighted by atomic mass is 35.5. The lowest BCUT2D eigenvalue weighted by Gasteiger charge is -2.19. The number of hydrogen-bond acceptors (Lipinski definition) is 2. The first kappa shape index (κ1) is 22.9. The lowest BCUT2D eigenvalue weighted by Crippen LogP contribution is -3.13. The molecule has 0 aliphatic rings. The first-order chi connectivity index (χ1) is 13.9. The van der Waals surface area contributed by atoms with Crippen LogP contribution in [-0.2, 0) is 22.4 Å². The van der Waals surface area contributed by atoms with Gasteiger partial charge < -0.3 is 15.5 Å². The normalized spacial score (nSPS) is 11.8. The quantitative estimate of drug-likeness (QED) is 0.587. The molecule has 156 valence electrons. The lowest BCUT2D eigenvalue weighted by molar-refractivity contribution is -0.881. The smallest absolute Gasteiger partial charge is 0.279 e. The molecule has 5 nitrogen and oxygen atoms in total. The highest BCUT2D eigenvalue weighted by Gasteiger charge is 2.19. The number of anilines is 2. The van der Waals surface area contributed by atoms with Crippen LogP contribution in [0.1, 0.15) is 37.5 Å². The van der Waals surface area contributed by atoms with E-state index in [1.165, 1.54) is 0 Å². The van der Waals surface area contributed by atoms with Crippen molar-refractivity contribution < 1.29 is 14.5 Å². The number of quaternary nitrogens is 1. The molecule has 2 aromatic rings. The van der Waals surface area contributed by atoms with Crippen LogP contribution in [0.15, 0.2) is 36.4 Å². The molecule has 6 heteroatoms. The summed E-state index contributed by atoms with van der Waals surface area (Å²) < 4.78 is 0. The Balaban J connectivity index is 2.00. The standard InChI is InChI=1S/C23H30ClN3O2/c1-5-17-9-8-10-18(6-2)23(17)26-22(29)15-27(7-3)14-21(28)25-20-13-19(24)12-11-16(20)4/h8-13H,5-7,14-15H2,1-4H3,(H,25,28)(H,26,29)/p+1. The van der Waals surface area contributed by atoms with Gasteiger partial charge in [0.15, 0.2) is 13.1 Å². The number of para-hydroxylation sites is 1. The Morgan fingerprint density at radius 2 is 1.52 bits per heavy atom. The Bertz CT molecular complexity index is 845. The van der Waals surface area contributed by atoms with E-state index in [1.807, 2.05) is 38.1 Å². The van der Waals surface area contributed by atoms with Gasteiger partial charge in [-0.3, -0.25) is 9.59 Å². The van der Waals surface area contributed by atoms with Gasteiger partial charge in [-0.1, -0.05) is 49.7 Å². The summed E-state index contributed by atoms with van der Waals surface area (Å²) in [6, 6.07) is 11.5. The summed E-state index contributed by atoms with van der Waals surface area (Å²) in [5.41, 5.74) is 4.82. The minimum Gasteiger partial charge on any atom is -0.321 e. The van der Waals surface area contributed by atoms with Gasteiger partial charge in [0.1, 0.15) is 0 Å². The third-order valence-corrected chi connectivity index (χ3v) is 5.29. The molecule has 29 heavy (non-hydrogen) atoms. The first-order valence-corrected chi connectivity index (χ1v) is 10.6. The van der Waals surface area contributed by atoms with Crippen molar-refractivity contribution >= 4 is 34.8 Å². The summed E-state index contributed by atoms with van der Waals surface area (Å²) in [6.07, 6.45) is 1.71. The van der Waals surface area contributed by atoms with E-state index in [0.717, 1.165) is 40.1 Å². The van der Waals surface area contributed by atoms with Gasteiger partial charge in [-0.05, 0) is 55.5 Å². The topological polar surface area (TPSA) is 62.6 Å². The predicted octanol–water partition coefficient (Wildman–Crippen LogP) is 3.26. The zero-order valence-electron chi connectivity index (χ0n) is 17.7. The van der Waals surface area contributed by atoms with E-state index in [1.54, 1.807) is 12.1 Å². The van der Waals surface area contributed by atoms with Crippen LogP contribution >= 0.6 is 11.6 Å². The summed E-state index contributed by atoms with van der Waals surface area (Å²) in [5, 5.41) is 6.55. The van der Waals surface area contributed by atoms with Crippen molar-refractivity contribution in [2.24, 2.45) is 0 Å².